The van der Waals surface area contributed by atoms with Crippen LogP contribution in [0.15, 0.2) is 54.1 Å². The standard InChI is InChI=1S/C12H8BrN3O2S/c13-6-1-2-11(15-5-6)19-10-4-8-9(3-7(10)14)18-12(17)16-8/h1-5H,14H2,(H,16,17). The molecule has 0 radical (unpaired) electrons. The van der Waals surface area contributed by atoms with Crippen molar-refractivity contribution < 1.29 is 4.42 Å². The highest BCUT2D eigenvalue weighted by molar-refractivity contribution is 9.10. The zero-order valence-corrected chi connectivity index (χ0v) is 11.9. The number of hydrogen-bond acceptors (Lipinski definition) is 5. The summed E-state index contributed by atoms with van der Waals surface area (Å²) in [6.07, 6.45) is 1.72. The van der Waals surface area contributed by atoms with Crippen molar-refractivity contribution >= 4 is 44.5 Å². The molecule has 96 valence electrons. The number of anilines is 1. The Morgan fingerprint density at radius 2 is 2.21 bits per heavy atom. The summed E-state index contributed by atoms with van der Waals surface area (Å²) in [4.78, 5) is 18.8. The molecule has 5 nitrogen and oxygen atoms in total. The molecule has 1 aromatic carbocycles. The molecule has 0 aliphatic carbocycles. The Kier molecular flexibility index (Phi) is 3.08. The Bertz CT molecular complexity index is 795. The third-order valence-corrected chi connectivity index (χ3v) is 3.96. The van der Waals surface area contributed by atoms with E-state index in [1.807, 2.05) is 12.1 Å². The molecule has 2 heterocycles. The number of pyridine rings is 1. The van der Waals surface area contributed by atoms with E-state index in [9.17, 15) is 4.79 Å². The Labute approximate surface area is 120 Å². The minimum atomic E-state index is -0.488. The molecule has 0 saturated carbocycles. The summed E-state index contributed by atoms with van der Waals surface area (Å²) in [5.41, 5.74) is 7.56. The van der Waals surface area contributed by atoms with Crippen molar-refractivity contribution in [1.82, 2.24) is 9.97 Å². The van der Waals surface area contributed by atoms with Gasteiger partial charge in [0.2, 0.25) is 0 Å². The number of aromatic nitrogens is 2. The maximum atomic E-state index is 11.1. The van der Waals surface area contributed by atoms with Gasteiger partial charge in [0.05, 0.1) is 5.52 Å². The van der Waals surface area contributed by atoms with Crippen molar-refractivity contribution in [3.8, 4) is 0 Å². The van der Waals surface area contributed by atoms with E-state index in [4.69, 9.17) is 10.2 Å². The average molecular weight is 338 g/mol. The zero-order chi connectivity index (χ0) is 13.4. The molecule has 0 saturated heterocycles. The fourth-order valence-electron chi connectivity index (χ4n) is 1.62. The Morgan fingerprint density at radius 1 is 1.37 bits per heavy atom. The lowest BCUT2D eigenvalue weighted by molar-refractivity contribution is 0.555. The highest BCUT2D eigenvalue weighted by Gasteiger charge is 2.08. The van der Waals surface area contributed by atoms with Crippen LogP contribution in [0.3, 0.4) is 0 Å². The molecular weight excluding hydrogens is 330 g/mol. The summed E-state index contributed by atoms with van der Waals surface area (Å²) in [7, 11) is 0. The number of oxazole rings is 1. The molecule has 7 heteroatoms. The summed E-state index contributed by atoms with van der Waals surface area (Å²) < 4.78 is 5.86. The number of hydrogen-bond donors (Lipinski definition) is 2. The summed E-state index contributed by atoms with van der Waals surface area (Å²) >= 11 is 4.76. The van der Waals surface area contributed by atoms with Crippen LogP contribution in [0.1, 0.15) is 0 Å². The van der Waals surface area contributed by atoms with Crippen molar-refractivity contribution in [3.63, 3.8) is 0 Å². The van der Waals surface area contributed by atoms with E-state index in [1.165, 1.54) is 11.8 Å². The Balaban J connectivity index is 2.02. The predicted molar refractivity (Wildman–Crippen MR) is 77.3 cm³/mol. The molecule has 2 aromatic heterocycles. The van der Waals surface area contributed by atoms with Crippen molar-refractivity contribution in [2.45, 2.75) is 9.92 Å². The number of halogens is 1. The highest BCUT2D eigenvalue weighted by Crippen LogP contribution is 2.33. The van der Waals surface area contributed by atoms with Crippen molar-refractivity contribution in [2.24, 2.45) is 0 Å². The van der Waals surface area contributed by atoms with E-state index in [1.54, 1.807) is 18.3 Å². The van der Waals surface area contributed by atoms with Crippen molar-refractivity contribution in [2.75, 3.05) is 5.73 Å². The van der Waals surface area contributed by atoms with Gasteiger partial charge in [0.25, 0.3) is 0 Å². The van der Waals surface area contributed by atoms with Crippen LogP contribution < -0.4 is 11.5 Å². The molecule has 0 fully saturated rings. The first kappa shape index (κ1) is 12.3. The fourth-order valence-corrected chi connectivity index (χ4v) is 2.67. The van der Waals surface area contributed by atoms with E-state index < -0.39 is 5.76 Å². The van der Waals surface area contributed by atoms with E-state index in [-0.39, 0.29) is 0 Å². The minimum absolute atomic E-state index is 0.454. The van der Waals surface area contributed by atoms with Crippen LogP contribution in [0.25, 0.3) is 11.1 Å². The van der Waals surface area contributed by atoms with Crippen molar-refractivity contribution in [3.05, 3.63) is 45.5 Å². The summed E-state index contributed by atoms with van der Waals surface area (Å²) in [5, 5.41) is 0.820. The molecule has 0 amide bonds. The SMILES string of the molecule is Nc1cc2oc(=O)[nH]c2cc1Sc1ccc(Br)cn1. The maximum Gasteiger partial charge on any atom is 0.417 e. The quantitative estimate of drug-likeness (QED) is 0.702. The van der Waals surface area contributed by atoms with Gasteiger partial charge in [-0.3, -0.25) is 4.98 Å². The number of benzene rings is 1. The molecule has 0 bridgehead atoms. The molecule has 19 heavy (non-hydrogen) atoms. The summed E-state index contributed by atoms with van der Waals surface area (Å²) in [6, 6.07) is 7.21. The topological polar surface area (TPSA) is 84.9 Å². The van der Waals surface area contributed by atoms with Gasteiger partial charge in [-0.25, -0.2) is 9.78 Å². The van der Waals surface area contributed by atoms with Crippen LogP contribution in [-0.2, 0) is 0 Å². The van der Waals surface area contributed by atoms with Crippen LogP contribution in [0.2, 0.25) is 0 Å². The molecule has 3 rings (SSSR count). The van der Waals surface area contributed by atoms with Crippen LogP contribution in [0, 0.1) is 0 Å². The molecule has 0 unspecified atom stereocenters. The van der Waals surface area contributed by atoms with Gasteiger partial charge in [-0.2, -0.15) is 0 Å². The number of rotatable bonds is 2. The first-order valence-corrected chi connectivity index (χ1v) is 6.94. The van der Waals surface area contributed by atoms with Crippen LogP contribution in [0.4, 0.5) is 5.69 Å². The maximum absolute atomic E-state index is 11.1. The predicted octanol–water partition coefficient (Wildman–Crippen LogP) is 3.01. The number of nitrogens with zero attached hydrogens (tertiary/aromatic N) is 1. The van der Waals surface area contributed by atoms with Gasteiger partial charge >= 0.3 is 5.76 Å². The third-order valence-electron chi connectivity index (χ3n) is 2.47. The number of nitrogen functional groups attached to an aromatic ring is 1. The zero-order valence-electron chi connectivity index (χ0n) is 9.51. The van der Waals surface area contributed by atoms with E-state index in [0.717, 1.165) is 14.4 Å². The number of nitrogens with one attached hydrogen (secondary N) is 1. The van der Waals surface area contributed by atoms with E-state index >= 15 is 0 Å². The molecule has 3 aromatic rings. The van der Waals surface area contributed by atoms with Crippen LogP contribution in [0.5, 0.6) is 0 Å². The third kappa shape index (κ3) is 2.52. The molecule has 0 aliphatic rings. The molecule has 3 N–H and O–H groups in total. The molecular formula is C12H8BrN3O2S. The smallest absolute Gasteiger partial charge is 0.408 e. The fraction of sp³-hybridized carbons (Fsp3) is 0. The van der Waals surface area contributed by atoms with Gasteiger partial charge in [0.1, 0.15) is 5.03 Å². The first-order chi connectivity index (χ1) is 9.11. The normalized spacial score (nSPS) is 11.0. The lowest BCUT2D eigenvalue weighted by Gasteiger charge is -2.04. The van der Waals surface area contributed by atoms with E-state index in [0.29, 0.717) is 16.8 Å². The van der Waals surface area contributed by atoms with Crippen molar-refractivity contribution in [1.29, 1.82) is 0 Å². The van der Waals surface area contributed by atoms with Gasteiger partial charge in [0, 0.05) is 27.3 Å². The number of H-pyrrole nitrogens is 1. The largest absolute Gasteiger partial charge is 0.417 e. The molecule has 0 atom stereocenters. The highest BCUT2D eigenvalue weighted by atomic mass is 79.9. The second kappa shape index (κ2) is 4.75. The lowest BCUT2D eigenvalue weighted by Crippen LogP contribution is -1.93. The van der Waals surface area contributed by atoms with Gasteiger partial charge in [0.15, 0.2) is 5.58 Å². The number of nitrogens with two attached hydrogens (primary N) is 1. The average Bonchev–Trinajstić information content (AvgIpc) is 2.72. The van der Waals surface area contributed by atoms with Gasteiger partial charge in [-0.15, -0.1) is 0 Å². The van der Waals surface area contributed by atoms with Gasteiger partial charge in [-0.1, -0.05) is 11.8 Å². The molecule has 0 aliphatic heterocycles. The van der Waals surface area contributed by atoms with Crippen LogP contribution in [-0.4, -0.2) is 9.97 Å². The Hall–Kier alpha value is -1.73. The first-order valence-electron chi connectivity index (χ1n) is 5.33. The number of fused-ring (bicyclic) bond motifs is 1. The monoisotopic (exact) mass is 337 g/mol. The Morgan fingerprint density at radius 3 is 2.95 bits per heavy atom. The second-order valence-electron chi connectivity index (χ2n) is 3.82. The molecule has 0 spiro atoms. The summed E-state index contributed by atoms with van der Waals surface area (Å²) in [6.45, 7) is 0. The van der Waals surface area contributed by atoms with E-state index in [2.05, 4.69) is 25.9 Å². The lowest BCUT2D eigenvalue weighted by atomic mass is 10.3. The van der Waals surface area contributed by atoms with Gasteiger partial charge in [-0.05, 0) is 34.1 Å². The number of aromatic amines is 1. The van der Waals surface area contributed by atoms with Crippen LogP contribution >= 0.6 is 27.7 Å². The minimum Gasteiger partial charge on any atom is -0.408 e. The van der Waals surface area contributed by atoms with Gasteiger partial charge < -0.3 is 10.2 Å². The summed E-state index contributed by atoms with van der Waals surface area (Å²) in [5.74, 6) is -0.488. The second-order valence-corrected chi connectivity index (χ2v) is 5.80.